The zero-order valence-corrected chi connectivity index (χ0v) is 17.4. The fourth-order valence-corrected chi connectivity index (χ4v) is 4.78. The van der Waals surface area contributed by atoms with Crippen molar-refractivity contribution in [1.82, 2.24) is 24.7 Å². The van der Waals surface area contributed by atoms with Crippen LogP contribution >= 0.6 is 11.9 Å². The van der Waals surface area contributed by atoms with Crippen LogP contribution in [0.4, 0.5) is 11.4 Å². The van der Waals surface area contributed by atoms with Crippen LogP contribution in [0.25, 0.3) is 0 Å². The number of nitrogens with one attached hydrogen (secondary N) is 2. The van der Waals surface area contributed by atoms with E-state index in [1.807, 2.05) is 35.2 Å². The first-order valence-electron chi connectivity index (χ1n) is 9.93. The molecule has 1 aliphatic rings. The van der Waals surface area contributed by atoms with E-state index in [2.05, 4.69) is 36.8 Å². The molecule has 0 spiro atoms. The van der Waals surface area contributed by atoms with Crippen LogP contribution in [0.1, 0.15) is 22.6 Å². The van der Waals surface area contributed by atoms with Crippen molar-refractivity contribution in [3.05, 3.63) is 107 Å². The van der Waals surface area contributed by atoms with Crippen molar-refractivity contribution in [3.63, 3.8) is 0 Å². The Hall–Kier alpha value is -3.49. The molecule has 8 heteroatoms. The van der Waals surface area contributed by atoms with E-state index in [0.717, 1.165) is 23.5 Å². The number of anilines is 2. The quantitative estimate of drug-likeness (QED) is 0.469. The van der Waals surface area contributed by atoms with Crippen LogP contribution in [0.5, 0.6) is 0 Å². The van der Waals surface area contributed by atoms with Crippen LogP contribution in [0, 0.1) is 0 Å². The van der Waals surface area contributed by atoms with Crippen molar-refractivity contribution in [1.29, 1.82) is 0 Å². The summed E-state index contributed by atoms with van der Waals surface area (Å²) >= 11 is 1.63. The summed E-state index contributed by atoms with van der Waals surface area (Å²) in [5.74, 6) is 0.0810. The van der Waals surface area contributed by atoms with E-state index in [-0.39, 0.29) is 11.5 Å². The Bertz CT molecular complexity index is 1190. The lowest BCUT2D eigenvalue weighted by atomic mass is 9.88. The molecule has 0 radical (unpaired) electrons. The number of nitrogens with zero attached hydrogens (tertiary/aromatic N) is 4. The molecule has 0 fully saturated rings. The molecule has 31 heavy (non-hydrogen) atoms. The Morgan fingerprint density at radius 2 is 1.81 bits per heavy atom. The Kier molecular flexibility index (Phi) is 5.47. The van der Waals surface area contributed by atoms with E-state index in [1.165, 1.54) is 16.8 Å². The van der Waals surface area contributed by atoms with Gasteiger partial charge in [0.2, 0.25) is 0 Å². The second kappa shape index (κ2) is 8.71. The Labute approximate surface area is 183 Å². The maximum atomic E-state index is 13.0. The summed E-state index contributed by atoms with van der Waals surface area (Å²) in [5, 5.41) is 0. The maximum absolute atomic E-state index is 13.0. The summed E-state index contributed by atoms with van der Waals surface area (Å²) in [6.45, 7) is 1.12. The molecular weight excluding hydrogens is 408 g/mol. The summed E-state index contributed by atoms with van der Waals surface area (Å²) in [6.07, 6.45) is 10.2. The highest BCUT2D eigenvalue weighted by Crippen LogP contribution is 2.37. The average Bonchev–Trinajstić information content (AvgIpc) is 2.84. The Morgan fingerprint density at radius 1 is 0.968 bits per heavy atom. The molecule has 0 saturated heterocycles. The largest absolute Gasteiger partial charge is 0.333 e. The molecule has 4 aromatic rings. The summed E-state index contributed by atoms with van der Waals surface area (Å²) in [6, 6.07) is 14.2. The molecule has 2 N–H and O–H groups in total. The highest BCUT2D eigenvalue weighted by Gasteiger charge is 2.26. The molecule has 3 aromatic heterocycles. The predicted molar refractivity (Wildman–Crippen MR) is 121 cm³/mol. The van der Waals surface area contributed by atoms with Gasteiger partial charge in [0.05, 0.1) is 36.5 Å². The number of hydrogen-bond donors (Lipinski definition) is 2. The molecule has 154 valence electrons. The van der Waals surface area contributed by atoms with Crippen LogP contribution in [0.3, 0.4) is 0 Å². The third-order valence-corrected chi connectivity index (χ3v) is 6.27. The van der Waals surface area contributed by atoms with E-state index in [9.17, 15) is 4.79 Å². The normalized spacial score (nSPS) is 15.3. The van der Waals surface area contributed by atoms with Gasteiger partial charge in [-0.15, -0.1) is 0 Å². The minimum atomic E-state index is -0.0982. The second-order valence-corrected chi connectivity index (χ2v) is 8.11. The van der Waals surface area contributed by atoms with Crippen LogP contribution < -0.4 is 15.2 Å². The number of aromatic amines is 1. The number of hydrogen-bond acceptors (Lipinski definition) is 7. The van der Waals surface area contributed by atoms with Crippen molar-refractivity contribution in [2.75, 3.05) is 11.4 Å². The van der Waals surface area contributed by atoms with Crippen LogP contribution in [0.2, 0.25) is 0 Å². The summed E-state index contributed by atoms with van der Waals surface area (Å²) in [5.41, 5.74) is 4.51. The number of fused-ring (bicyclic) bond motifs is 1. The lowest BCUT2D eigenvalue weighted by Crippen LogP contribution is -2.29. The predicted octanol–water partition coefficient (Wildman–Crippen LogP) is 3.64. The van der Waals surface area contributed by atoms with Gasteiger partial charge in [-0.2, -0.15) is 0 Å². The SMILES string of the molecule is O=c1[nH]ccc(C2CNSc3ccccc32)c1CN(c1cccnc1)c1cncnc1. The van der Waals surface area contributed by atoms with Gasteiger partial charge < -0.3 is 9.88 Å². The van der Waals surface area contributed by atoms with Crippen molar-refractivity contribution >= 4 is 23.3 Å². The van der Waals surface area contributed by atoms with E-state index in [1.54, 1.807) is 42.9 Å². The zero-order chi connectivity index (χ0) is 21.0. The lowest BCUT2D eigenvalue weighted by molar-refractivity contribution is 0.731. The van der Waals surface area contributed by atoms with Crippen molar-refractivity contribution in [3.8, 4) is 0 Å². The first-order chi connectivity index (χ1) is 15.3. The molecule has 4 heterocycles. The smallest absolute Gasteiger partial charge is 0.253 e. The minimum Gasteiger partial charge on any atom is -0.333 e. The highest BCUT2D eigenvalue weighted by atomic mass is 32.2. The van der Waals surface area contributed by atoms with Crippen LogP contribution in [0.15, 0.2) is 89.5 Å². The topological polar surface area (TPSA) is 86.8 Å². The molecule has 5 rings (SSSR count). The molecule has 0 aliphatic carbocycles. The fraction of sp³-hybridized carbons (Fsp3) is 0.130. The minimum absolute atomic E-state index is 0.0810. The molecule has 1 unspecified atom stereocenters. The summed E-state index contributed by atoms with van der Waals surface area (Å²) in [7, 11) is 0. The van der Waals surface area contributed by atoms with E-state index < -0.39 is 0 Å². The monoisotopic (exact) mass is 428 g/mol. The highest BCUT2D eigenvalue weighted by molar-refractivity contribution is 7.97. The molecule has 0 saturated carbocycles. The average molecular weight is 429 g/mol. The lowest BCUT2D eigenvalue weighted by Gasteiger charge is -2.29. The zero-order valence-electron chi connectivity index (χ0n) is 16.6. The molecule has 0 amide bonds. The Balaban J connectivity index is 1.60. The molecule has 1 aromatic carbocycles. The molecule has 0 bridgehead atoms. The van der Waals surface area contributed by atoms with Gasteiger partial charge in [0.1, 0.15) is 6.33 Å². The van der Waals surface area contributed by atoms with Crippen molar-refractivity contribution in [2.45, 2.75) is 17.4 Å². The van der Waals surface area contributed by atoms with Gasteiger partial charge in [-0.05, 0) is 47.3 Å². The Morgan fingerprint density at radius 3 is 2.65 bits per heavy atom. The first-order valence-corrected chi connectivity index (χ1v) is 10.7. The summed E-state index contributed by atoms with van der Waals surface area (Å²) in [4.78, 5) is 31.7. The number of rotatable bonds is 5. The van der Waals surface area contributed by atoms with Crippen molar-refractivity contribution < 1.29 is 0 Å². The van der Waals surface area contributed by atoms with Crippen LogP contribution in [-0.4, -0.2) is 26.5 Å². The standard InChI is InChI=1S/C23H20N6OS/c30-23-21(14-29(16-4-3-8-24-10-16)17-11-25-15-26-12-17)18(7-9-27-23)20-13-28-31-22-6-2-1-5-19(20)22/h1-12,15,20,28H,13-14H2,(H,27,30). The van der Waals surface area contributed by atoms with Gasteiger partial charge in [0, 0.05) is 35.3 Å². The molecule has 1 aliphatic heterocycles. The number of H-pyrrole nitrogens is 1. The van der Waals surface area contributed by atoms with E-state index in [4.69, 9.17) is 0 Å². The van der Waals surface area contributed by atoms with Gasteiger partial charge in [-0.3, -0.25) is 14.5 Å². The molecular formula is C23H20N6OS. The van der Waals surface area contributed by atoms with Crippen LogP contribution in [-0.2, 0) is 6.54 Å². The van der Waals surface area contributed by atoms with Gasteiger partial charge in [0.25, 0.3) is 5.56 Å². The third-order valence-electron chi connectivity index (χ3n) is 5.37. The van der Waals surface area contributed by atoms with Gasteiger partial charge >= 0.3 is 0 Å². The first kappa shape index (κ1) is 19.5. The number of aromatic nitrogens is 4. The van der Waals surface area contributed by atoms with Gasteiger partial charge in [0.15, 0.2) is 0 Å². The number of benzene rings is 1. The van der Waals surface area contributed by atoms with E-state index in [0.29, 0.717) is 12.1 Å². The fourth-order valence-electron chi connectivity index (χ4n) is 3.90. The third kappa shape index (κ3) is 3.95. The maximum Gasteiger partial charge on any atom is 0.253 e. The van der Waals surface area contributed by atoms with Crippen molar-refractivity contribution in [2.24, 2.45) is 0 Å². The number of pyridine rings is 2. The van der Waals surface area contributed by atoms with Gasteiger partial charge in [-0.25, -0.2) is 9.97 Å². The second-order valence-electron chi connectivity index (χ2n) is 7.18. The molecule has 1 atom stereocenters. The van der Waals surface area contributed by atoms with E-state index >= 15 is 0 Å². The van der Waals surface area contributed by atoms with Gasteiger partial charge in [-0.1, -0.05) is 18.2 Å². The summed E-state index contributed by atoms with van der Waals surface area (Å²) < 4.78 is 3.41. The molecule has 7 nitrogen and oxygen atoms in total.